The van der Waals surface area contributed by atoms with E-state index in [4.69, 9.17) is 28.9 Å². The molecule has 0 aliphatic heterocycles. The smallest absolute Gasteiger partial charge is 0.290 e. The molecule has 0 saturated carbocycles. The summed E-state index contributed by atoms with van der Waals surface area (Å²) in [6, 6.07) is 3.11. The first-order chi connectivity index (χ1) is 6.58. The summed E-state index contributed by atoms with van der Waals surface area (Å²) in [5.74, 6) is -0.101. The van der Waals surface area contributed by atoms with Crippen molar-refractivity contribution in [3.05, 3.63) is 32.5 Å². The summed E-state index contributed by atoms with van der Waals surface area (Å²) in [7, 11) is 0. The lowest BCUT2D eigenvalue weighted by Crippen LogP contribution is -2.13. The van der Waals surface area contributed by atoms with Crippen molar-refractivity contribution in [3.63, 3.8) is 0 Å². The summed E-state index contributed by atoms with van der Waals surface area (Å²) in [5, 5.41) is 0.790. The average molecular weight is 230 g/mol. The number of nitrogens with two attached hydrogens (primary N) is 1. The van der Waals surface area contributed by atoms with E-state index in [9.17, 15) is 4.79 Å². The second-order valence-corrected chi connectivity index (χ2v) is 3.58. The first-order valence-corrected chi connectivity index (χ1v) is 4.48. The van der Waals surface area contributed by atoms with E-state index in [-0.39, 0.29) is 5.82 Å². The minimum atomic E-state index is -0.457. The molecule has 3 N–H and O–H groups in total. The molecule has 0 aliphatic rings. The number of anilines is 1. The summed E-state index contributed by atoms with van der Waals surface area (Å²) >= 11 is 11.6. The van der Waals surface area contributed by atoms with Crippen molar-refractivity contribution in [1.82, 2.24) is 9.97 Å². The molecular formula is C8H5Cl2N3O. The predicted octanol–water partition coefficient (Wildman–Crippen LogP) is 1.81. The van der Waals surface area contributed by atoms with E-state index in [1.165, 1.54) is 6.07 Å². The van der Waals surface area contributed by atoms with Gasteiger partial charge in [0.05, 0.1) is 16.1 Å². The molecule has 1 aromatic heterocycles. The van der Waals surface area contributed by atoms with Gasteiger partial charge in [-0.1, -0.05) is 23.2 Å². The van der Waals surface area contributed by atoms with Gasteiger partial charge in [-0.05, 0) is 12.1 Å². The van der Waals surface area contributed by atoms with Crippen LogP contribution in [0.1, 0.15) is 0 Å². The zero-order valence-electron chi connectivity index (χ0n) is 6.84. The fourth-order valence-corrected chi connectivity index (χ4v) is 1.66. The predicted molar refractivity (Wildman–Crippen MR) is 56.8 cm³/mol. The van der Waals surface area contributed by atoms with Gasteiger partial charge < -0.3 is 10.7 Å². The number of aromatic amines is 1. The maximum atomic E-state index is 11.1. The highest BCUT2D eigenvalue weighted by atomic mass is 35.5. The number of nitrogens with zero attached hydrogens (tertiary/aromatic N) is 1. The third-order valence-electron chi connectivity index (χ3n) is 1.75. The molecule has 0 bridgehead atoms. The number of hydrogen-bond acceptors (Lipinski definition) is 3. The zero-order chi connectivity index (χ0) is 10.3. The third kappa shape index (κ3) is 1.42. The Morgan fingerprint density at radius 3 is 2.79 bits per heavy atom. The standard InChI is InChI=1S/C8H5Cl2N3O/c9-3-1-4(10)6-5(2-3)12-7(11)8(14)13-6/h1-2H,(H2,11,12)(H,13,14). The lowest BCUT2D eigenvalue weighted by molar-refractivity contribution is 1.23. The van der Waals surface area contributed by atoms with Gasteiger partial charge in [0.15, 0.2) is 5.82 Å². The summed E-state index contributed by atoms with van der Waals surface area (Å²) in [6.07, 6.45) is 0. The maximum Gasteiger partial charge on any atom is 0.290 e. The van der Waals surface area contributed by atoms with Crippen molar-refractivity contribution < 1.29 is 0 Å². The van der Waals surface area contributed by atoms with Crippen LogP contribution in [0.3, 0.4) is 0 Å². The number of nitrogens with one attached hydrogen (secondary N) is 1. The van der Waals surface area contributed by atoms with Gasteiger partial charge in [-0.3, -0.25) is 4.79 Å². The van der Waals surface area contributed by atoms with Crippen molar-refractivity contribution in [2.75, 3.05) is 5.73 Å². The average Bonchev–Trinajstić information content (AvgIpc) is 2.08. The molecule has 0 saturated heterocycles. The van der Waals surface area contributed by atoms with E-state index in [0.717, 1.165) is 0 Å². The molecule has 0 radical (unpaired) electrons. The second kappa shape index (κ2) is 3.15. The SMILES string of the molecule is Nc1nc2cc(Cl)cc(Cl)c2[nH]c1=O. The van der Waals surface area contributed by atoms with Crippen LogP contribution in [0.4, 0.5) is 5.82 Å². The molecule has 0 atom stereocenters. The third-order valence-corrected chi connectivity index (χ3v) is 2.26. The van der Waals surface area contributed by atoms with Crippen LogP contribution in [0, 0.1) is 0 Å². The van der Waals surface area contributed by atoms with E-state index in [1.54, 1.807) is 6.07 Å². The normalized spacial score (nSPS) is 10.7. The number of aromatic nitrogens is 2. The van der Waals surface area contributed by atoms with Gasteiger partial charge >= 0.3 is 0 Å². The van der Waals surface area contributed by atoms with Crippen molar-refractivity contribution in [3.8, 4) is 0 Å². The number of hydrogen-bond donors (Lipinski definition) is 2. The lowest BCUT2D eigenvalue weighted by atomic mass is 10.3. The van der Waals surface area contributed by atoms with Crippen LogP contribution in [0.15, 0.2) is 16.9 Å². The lowest BCUT2D eigenvalue weighted by Gasteiger charge is -2.01. The Balaban J connectivity index is 2.96. The van der Waals surface area contributed by atoms with Crippen LogP contribution in [-0.4, -0.2) is 9.97 Å². The Labute approximate surface area is 88.7 Å². The molecule has 2 rings (SSSR count). The van der Waals surface area contributed by atoms with E-state index >= 15 is 0 Å². The summed E-state index contributed by atoms with van der Waals surface area (Å²) in [4.78, 5) is 17.5. The number of rotatable bonds is 0. The number of fused-ring (bicyclic) bond motifs is 1. The number of benzene rings is 1. The summed E-state index contributed by atoms with van der Waals surface area (Å²) in [5.41, 5.74) is 5.80. The Kier molecular flexibility index (Phi) is 2.09. The molecule has 0 spiro atoms. The quantitative estimate of drug-likeness (QED) is 0.724. The number of H-pyrrole nitrogens is 1. The largest absolute Gasteiger partial charge is 0.379 e. The van der Waals surface area contributed by atoms with Gasteiger partial charge in [0, 0.05) is 5.02 Å². The molecule has 0 amide bonds. The maximum absolute atomic E-state index is 11.1. The Hall–Kier alpha value is -1.26. The van der Waals surface area contributed by atoms with Crippen LogP contribution in [0.25, 0.3) is 11.0 Å². The molecule has 1 heterocycles. The summed E-state index contributed by atoms with van der Waals surface area (Å²) < 4.78 is 0. The van der Waals surface area contributed by atoms with Crippen LogP contribution in [0.2, 0.25) is 10.0 Å². The topological polar surface area (TPSA) is 71.8 Å². The fraction of sp³-hybridized carbons (Fsp3) is 0. The molecule has 6 heteroatoms. The minimum absolute atomic E-state index is 0.101. The van der Waals surface area contributed by atoms with Gasteiger partial charge in [-0.15, -0.1) is 0 Å². The monoisotopic (exact) mass is 229 g/mol. The van der Waals surface area contributed by atoms with E-state index in [2.05, 4.69) is 9.97 Å². The van der Waals surface area contributed by atoms with Crippen molar-refractivity contribution >= 4 is 40.1 Å². The van der Waals surface area contributed by atoms with Crippen LogP contribution < -0.4 is 11.3 Å². The van der Waals surface area contributed by atoms with Gasteiger partial charge in [0.2, 0.25) is 0 Å². The molecule has 0 unspecified atom stereocenters. The minimum Gasteiger partial charge on any atom is -0.379 e. The Bertz CT molecular complexity index is 564. The molecule has 0 aliphatic carbocycles. The van der Waals surface area contributed by atoms with E-state index in [0.29, 0.717) is 21.1 Å². The van der Waals surface area contributed by atoms with Gasteiger partial charge in [0.25, 0.3) is 5.56 Å². The highest BCUT2D eigenvalue weighted by Crippen LogP contribution is 2.24. The highest BCUT2D eigenvalue weighted by molar-refractivity contribution is 6.38. The Morgan fingerprint density at radius 1 is 1.36 bits per heavy atom. The van der Waals surface area contributed by atoms with Gasteiger partial charge in [0.1, 0.15) is 0 Å². The highest BCUT2D eigenvalue weighted by Gasteiger charge is 2.05. The fourth-order valence-electron chi connectivity index (χ4n) is 1.13. The van der Waals surface area contributed by atoms with E-state index in [1.807, 2.05) is 0 Å². The first kappa shape index (κ1) is 9.30. The van der Waals surface area contributed by atoms with Crippen molar-refractivity contribution in [1.29, 1.82) is 0 Å². The molecular weight excluding hydrogens is 225 g/mol. The zero-order valence-corrected chi connectivity index (χ0v) is 8.36. The molecule has 1 aromatic carbocycles. The van der Waals surface area contributed by atoms with E-state index < -0.39 is 5.56 Å². The van der Waals surface area contributed by atoms with Crippen LogP contribution in [0.5, 0.6) is 0 Å². The van der Waals surface area contributed by atoms with Crippen LogP contribution >= 0.6 is 23.2 Å². The Morgan fingerprint density at radius 2 is 2.07 bits per heavy atom. The molecule has 4 nitrogen and oxygen atoms in total. The molecule has 14 heavy (non-hydrogen) atoms. The number of halogens is 2. The first-order valence-electron chi connectivity index (χ1n) is 3.72. The van der Waals surface area contributed by atoms with Crippen molar-refractivity contribution in [2.24, 2.45) is 0 Å². The van der Waals surface area contributed by atoms with Crippen molar-refractivity contribution in [2.45, 2.75) is 0 Å². The molecule has 2 aromatic rings. The molecule has 0 fully saturated rings. The van der Waals surface area contributed by atoms with Crippen LogP contribution in [-0.2, 0) is 0 Å². The summed E-state index contributed by atoms with van der Waals surface area (Å²) in [6.45, 7) is 0. The second-order valence-electron chi connectivity index (χ2n) is 2.73. The van der Waals surface area contributed by atoms with Gasteiger partial charge in [-0.2, -0.15) is 0 Å². The number of nitrogen functional groups attached to an aromatic ring is 1. The van der Waals surface area contributed by atoms with Gasteiger partial charge in [-0.25, -0.2) is 4.98 Å². The molecule has 72 valence electrons.